The molecule has 0 bridgehead atoms. The van der Waals surface area contributed by atoms with Gasteiger partial charge in [0.15, 0.2) is 5.82 Å². The molecule has 0 aliphatic rings. The van der Waals surface area contributed by atoms with Crippen LogP contribution < -0.4 is 10.5 Å². The van der Waals surface area contributed by atoms with Crippen molar-refractivity contribution >= 4 is 28.4 Å². The molecular weight excluding hydrogens is 369 g/mol. The second-order valence-corrected chi connectivity index (χ2v) is 5.83. The largest absolute Gasteiger partial charge is 0.480 e. The van der Waals surface area contributed by atoms with Gasteiger partial charge >= 0.3 is 0 Å². The maximum absolute atomic E-state index is 5.96. The first-order chi connectivity index (χ1) is 9.51. The van der Waals surface area contributed by atoms with Crippen molar-refractivity contribution < 1.29 is 4.74 Å². The van der Waals surface area contributed by atoms with E-state index in [1.54, 1.807) is 19.2 Å². The minimum atomic E-state index is 0.453. The van der Waals surface area contributed by atoms with Gasteiger partial charge in [-0.15, -0.1) is 10.2 Å². The summed E-state index contributed by atoms with van der Waals surface area (Å²) in [6, 6.07) is 3.49. The Morgan fingerprint density at radius 2 is 2.00 bits per heavy atom. The van der Waals surface area contributed by atoms with Crippen LogP contribution in [0.5, 0.6) is 5.88 Å². The van der Waals surface area contributed by atoms with Crippen LogP contribution in [0, 0.1) is 9.49 Å². The van der Waals surface area contributed by atoms with Crippen molar-refractivity contribution in [3.05, 3.63) is 21.4 Å². The standard InChI is InChI=1S/C13H16IN5O/c1-7(2)6-9-11(14)12(15)17-13(16-9)8-4-5-10(20-3)19-18-8/h4-5,7H,6H2,1-3H3,(H2,15,16,17). The van der Waals surface area contributed by atoms with Crippen LogP contribution in [0.4, 0.5) is 5.82 Å². The van der Waals surface area contributed by atoms with Gasteiger partial charge in [0.1, 0.15) is 11.5 Å². The molecule has 0 unspecified atom stereocenters. The van der Waals surface area contributed by atoms with E-state index in [4.69, 9.17) is 10.5 Å². The first-order valence-corrected chi connectivity index (χ1v) is 7.29. The molecule has 0 aromatic carbocycles. The van der Waals surface area contributed by atoms with Gasteiger partial charge in [0.2, 0.25) is 5.88 Å². The lowest BCUT2D eigenvalue weighted by Crippen LogP contribution is -2.08. The first kappa shape index (κ1) is 14.9. The summed E-state index contributed by atoms with van der Waals surface area (Å²) in [6.07, 6.45) is 0.849. The Kier molecular flexibility index (Phi) is 4.69. The number of rotatable bonds is 4. The number of nitrogens with zero attached hydrogens (tertiary/aromatic N) is 4. The number of halogens is 1. The van der Waals surface area contributed by atoms with Gasteiger partial charge in [-0.2, -0.15) is 0 Å². The molecule has 106 valence electrons. The molecule has 0 aliphatic carbocycles. The molecule has 20 heavy (non-hydrogen) atoms. The van der Waals surface area contributed by atoms with Gasteiger partial charge in [0.05, 0.1) is 16.4 Å². The Hall–Kier alpha value is -1.51. The number of nitrogens with two attached hydrogens (primary N) is 1. The lowest BCUT2D eigenvalue weighted by molar-refractivity contribution is 0.392. The van der Waals surface area contributed by atoms with Crippen LogP contribution in [0.2, 0.25) is 0 Å². The van der Waals surface area contributed by atoms with Gasteiger partial charge in [0.25, 0.3) is 0 Å². The van der Waals surface area contributed by atoms with Crippen LogP contribution in [0.3, 0.4) is 0 Å². The predicted molar refractivity (Wildman–Crippen MR) is 85.3 cm³/mol. The molecule has 2 aromatic rings. The SMILES string of the molecule is COc1ccc(-c2nc(N)c(I)c(CC(C)C)n2)nn1. The van der Waals surface area contributed by atoms with E-state index in [1.165, 1.54) is 0 Å². The predicted octanol–water partition coefficient (Wildman–Crippen LogP) is 2.33. The molecular formula is C13H16IN5O. The minimum absolute atomic E-state index is 0.453. The monoisotopic (exact) mass is 385 g/mol. The number of anilines is 1. The van der Waals surface area contributed by atoms with Crippen molar-refractivity contribution in [1.82, 2.24) is 20.2 Å². The molecule has 2 rings (SSSR count). The van der Waals surface area contributed by atoms with Crippen molar-refractivity contribution in [2.45, 2.75) is 20.3 Å². The minimum Gasteiger partial charge on any atom is -0.480 e. The third-order valence-corrected chi connectivity index (χ3v) is 3.80. The molecule has 0 fully saturated rings. The third-order valence-electron chi connectivity index (χ3n) is 2.63. The van der Waals surface area contributed by atoms with E-state index >= 15 is 0 Å². The van der Waals surface area contributed by atoms with Crippen molar-refractivity contribution in [1.29, 1.82) is 0 Å². The summed E-state index contributed by atoms with van der Waals surface area (Å²) in [5, 5.41) is 7.97. The fourth-order valence-electron chi connectivity index (χ4n) is 1.70. The highest BCUT2D eigenvalue weighted by atomic mass is 127. The Balaban J connectivity index is 2.42. The molecule has 0 amide bonds. The van der Waals surface area contributed by atoms with E-state index in [2.05, 4.69) is 56.6 Å². The molecule has 2 N–H and O–H groups in total. The molecule has 6 nitrogen and oxygen atoms in total. The van der Waals surface area contributed by atoms with Gasteiger partial charge in [-0.25, -0.2) is 9.97 Å². The van der Waals surface area contributed by atoms with Gasteiger partial charge in [-0.05, 0) is 41.0 Å². The average molecular weight is 385 g/mol. The lowest BCUT2D eigenvalue weighted by Gasteiger charge is -2.10. The molecule has 0 saturated heterocycles. The number of methoxy groups -OCH3 is 1. The maximum Gasteiger partial charge on any atom is 0.233 e. The second kappa shape index (κ2) is 6.29. The van der Waals surface area contributed by atoms with E-state index in [1.807, 2.05) is 0 Å². The number of ether oxygens (including phenoxy) is 1. The van der Waals surface area contributed by atoms with Gasteiger partial charge in [0, 0.05) is 6.07 Å². The Labute approximate surface area is 131 Å². The van der Waals surface area contributed by atoms with Gasteiger partial charge in [-0.1, -0.05) is 13.8 Å². The average Bonchev–Trinajstić information content (AvgIpc) is 2.43. The summed E-state index contributed by atoms with van der Waals surface area (Å²) in [6.45, 7) is 4.28. The zero-order chi connectivity index (χ0) is 14.7. The van der Waals surface area contributed by atoms with Crippen LogP contribution in [0.15, 0.2) is 12.1 Å². The van der Waals surface area contributed by atoms with Crippen LogP contribution in [0.1, 0.15) is 19.5 Å². The summed E-state index contributed by atoms with van der Waals surface area (Å²) in [4.78, 5) is 8.84. The zero-order valence-electron chi connectivity index (χ0n) is 11.6. The highest BCUT2D eigenvalue weighted by molar-refractivity contribution is 14.1. The van der Waals surface area contributed by atoms with Crippen molar-refractivity contribution in [3.8, 4) is 17.4 Å². The fourth-order valence-corrected chi connectivity index (χ4v) is 2.16. The fraction of sp³-hybridized carbons (Fsp3) is 0.385. The van der Waals surface area contributed by atoms with Crippen molar-refractivity contribution in [3.63, 3.8) is 0 Å². The lowest BCUT2D eigenvalue weighted by atomic mass is 10.1. The van der Waals surface area contributed by atoms with Crippen LogP contribution in [-0.2, 0) is 6.42 Å². The molecule has 0 saturated carbocycles. The first-order valence-electron chi connectivity index (χ1n) is 6.21. The summed E-state index contributed by atoms with van der Waals surface area (Å²) < 4.78 is 5.89. The molecule has 7 heteroatoms. The molecule has 2 aromatic heterocycles. The van der Waals surface area contributed by atoms with E-state index in [9.17, 15) is 0 Å². The Morgan fingerprint density at radius 1 is 1.25 bits per heavy atom. The van der Waals surface area contributed by atoms with Gasteiger partial charge < -0.3 is 10.5 Å². The molecule has 0 atom stereocenters. The normalized spacial score (nSPS) is 10.8. The van der Waals surface area contributed by atoms with E-state index < -0.39 is 0 Å². The zero-order valence-corrected chi connectivity index (χ0v) is 13.7. The smallest absolute Gasteiger partial charge is 0.233 e. The Morgan fingerprint density at radius 3 is 2.55 bits per heavy atom. The van der Waals surface area contributed by atoms with E-state index in [0.29, 0.717) is 29.1 Å². The van der Waals surface area contributed by atoms with Crippen LogP contribution >= 0.6 is 22.6 Å². The summed E-state index contributed by atoms with van der Waals surface area (Å²) in [5.74, 6) is 1.92. The maximum atomic E-state index is 5.96. The second-order valence-electron chi connectivity index (χ2n) is 4.75. The highest BCUT2D eigenvalue weighted by Gasteiger charge is 2.14. The highest BCUT2D eigenvalue weighted by Crippen LogP contribution is 2.23. The number of aromatic nitrogens is 4. The molecule has 0 radical (unpaired) electrons. The molecule has 2 heterocycles. The van der Waals surface area contributed by atoms with E-state index in [0.717, 1.165) is 15.7 Å². The third kappa shape index (κ3) is 3.33. The van der Waals surface area contributed by atoms with Crippen LogP contribution in [-0.4, -0.2) is 27.3 Å². The summed E-state index contributed by atoms with van der Waals surface area (Å²) in [5.41, 5.74) is 7.49. The summed E-state index contributed by atoms with van der Waals surface area (Å²) in [7, 11) is 1.55. The van der Waals surface area contributed by atoms with Gasteiger partial charge in [-0.3, -0.25) is 0 Å². The molecule has 0 aliphatic heterocycles. The number of hydrogen-bond acceptors (Lipinski definition) is 6. The quantitative estimate of drug-likeness (QED) is 0.813. The van der Waals surface area contributed by atoms with E-state index in [-0.39, 0.29) is 0 Å². The van der Waals surface area contributed by atoms with Crippen molar-refractivity contribution in [2.24, 2.45) is 5.92 Å². The van der Waals surface area contributed by atoms with Crippen LogP contribution in [0.25, 0.3) is 11.5 Å². The summed E-state index contributed by atoms with van der Waals surface area (Å²) >= 11 is 2.18. The molecule has 0 spiro atoms. The number of hydrogen-bond donors (Lipinski definition) is 1. The topological polar surface area (TPSA) is 86.8 Å². The number of nitrogen functional groups attached to an aromatic ring is 1. The van der Waals surface area contributed by atoms with Crippen molar-refractivity contribution in [2.75, 3.05) is 12.8 Å². The Bertz CT molecular complexity index is 600.